The molecule has 0 saturated heterocycles. The molecule has 3 aromatic rings. The topological polar surface area (TPSA) is 72.6 Å². The van der Waals surface area contributed by atoms with Gasteiger partial charge in [0.2, 0.25) is 5.91 Å². The van der Waals surface area contributed by atoms with Crippen LogP contribution in [0.15, 0.2) is 66.3 Å². The van der Waals surface area contributed by atoms with E-state index >= 15 is 0 Å². The van der Waals surface area contributed by atoms with Gasteiger partial charge in [-0.05, 0) is 42.7 Å². The van der Waals surface area contributed by atoms with Crippen LogP contribution in [0.4, 0.5) is 17.6 Å². The molecular weight excluding hydrogens is 478 g/mol. The van der Waals surface area contributed by atoms with Crippen molar-refractivity contribution < 1.29 is 27.1 Å². The lowest BCUT2D eigenvalue weighted by Crippen LogP contribution is -2.36. The fraction of sp³-hybridized carbons (Fsp3) is 0.360. The van der Waals surface area contributed by atoms with Crippen molar-refractivity contribution in [1.29, 1.82) is 0 Å². The summed E-state index contributed by atoms with van der Waals surface area (Å²) in [6.45, 7) is 7.92. The first-order valence-corrected chi connectivity index (χ1v) is 11.5. The molecule has 4 rings (SSSR count). The van der Waals surface area contributed by atoms with Crippen LogP contribution in [0.25, 0.3) is 0 Å². The molecule has 2 aromatic carbocycles. The fourth-order valence-electron chi connectivity index (χ4n) is 3.29. The molecule has 1 amide bonds. The van der Waals surface area contributed by atoms with Crippen LogP contribution in [0.5, 0.6) is 5.75 Å². The third kappa shape index (κ3) is 8.47. The van der Waals surface area contributed by atoms with Gasteiger partial charge in [-0.3, -0.25) is 4.79 Å². The Kier molecular flexibility index (Phi) is 10.6. The van der Waals surface area contributed by atoms with Gasteiger partial charge in [0.05, 0.1) is 11.8 Å². The molecule has 1 atom stereocenters. The molecule has 36 heavy (non-hydrogen) atoms. The summed E-state index contributed by atoms with van der Waals surface area (Å²) in [6.07, 6.45) is -0.0497. The van der Waals surface area contributed by atoms with E-state index in [1.807, 2.05) is 20.8 Å². The number of amides is 1. The van der Waals surface area contributed by atoms with Gasteiger partial charge >= 0.3 is 6.36 Å². The molecule has 11 heteroatoms. The van der Waals surface area contributed by atoms with Crippen molar-refractivity contribution in [2.75, 3.05) is 6.54 Å². The summed E-state index contributed by atoms with van der Waals surface area (Å²) in [4.78, 5) is 15.5. The number of benzene rings is 2. The van der Waals surface area contributed by atoms with Crippen LogP contribution in [0.2, 0.25) is 0 Å². The SMILES string of the molecule is CC.CC(=O)N1CCC(n2cncn2)C(c2ccc(F)cc2)=N1.CCc1ccc(OC(F)(F)F)cc1. The molecule has 194 valence electrons. The lowest BCUT2D eigenvalue weighted by molar-refractivity contribution is -0.274. The van der Waals surface area contributed by atoms with Crippen LogP contribution in [0.3, 0.4) is 0 Å². The number of nitrogens with zero attached hydrogens (tertiary/aromatic N) is 5. The number of rotatable bonds is 4. The standard InChI is InChI=1S/C14H14FN5O.C9H9F3O.C2H6/c1-10(21)19-7-6-13(20-9-16-8-17-20)14(18-19)11-2-4-12(15)5-3-11;1-2-7-3-5-8(6-4-7)13-9(10,11)12;1-2/h2-5,8-9,13H,6-7H2,1H3;3-6H,2H2,1H3;1-2H3. The second kappa shape index (κ2) is 13.4. The number of hydrogen-bond acceptors (Lipinski definition) is 5. The summed E-state index contributed by atoms with van der Waals surface area (Å²) in [7, 11) is 0. The van der Waals surface area contributed by atoms with Gasteiger partial charge in [-0.2, -0.15) is 10.2 Å². The lowest BCUT2D eigenvalue weighted by Gasteiger charge is -2.29. The van der Waals surface area contributed by atoms with Crippen molar-refractivity contribution >= 4 is 11.6 Å². The molecule has 1 aromatic heterocycles. The quantitative estimate of drug-likeness (QED) is 0.419. The summed E-state index contributed by atoms with van der Waals surface area (Å²) >= 11 is 0. The molecule has 1 aliphatic heterocycles. The Bertz CT molecular complexity index is 1100. The van der Waals surface area contributed by atoms with Gasteiger partial charge in [0.25, 0.3) is 0 Å². The second-order valence-corrected chi connectivity index (χ2v) is 7.36. The zero-order valence-electron chi connectivity index (χ0n) is 20.5. The van der Waals surface area contributed by atoms with Crippen molar-refractivity contribution in [3.63, 3.8) is 0 Å². The van der Waals surface area contributed by atoms with Gasteiger partial charge in [0.1, 0.15) is 24.2 Å². The molecular formula is C25H29F4N5O2. The van der Waals surface area contributed by atoms with E-state index in [2.05, 4.69) is 19.9 Å². The Hall–Kier alpha value is -3.76. The first-order valence-electron chi connectivity index (χ1n) is 11.5. The first-order chi connectivity index (χ1) is 17.2. The molecule has 0 N–H and O–H groups in total. The first kappa shape index (κ1) is 28.5. The van der Waals surface area contributed by atoms with Gasteiger partial charge in [0, 0.05) is 19.0 Å². The lowest BCUT2D eigenvalue weighted by atomic mass is 9.99. The largest absolute Gasteiger partial charge is 0.573 e. The highest BCUT2D eigenvalue weighted by atomic mass is 19.4. The van der Waals surface area contributed by atoms with E-state index in [4.69, 9.17) is 0 Å². The smallest absolute Gasteiger partial charge is 0.406 e. The molecule has 0 fully saturated rings. The second-order valence-electron chi connectivity index (χ2n) is 7.36. The van der Waals surface area contributed by atoms with Crippen molar-refractivity contribution in [2.24, 2.45) is 5.10 Å². The molecule has 7 nitrogen and oxygen atoms in total. The van der Waals surface area contributed by atoms with Crippen molar-refractivity contribution in [3.8, 4) is 5.75 Å². The number of aromatic nitrogens is 3. The molecule has 0 aliphatic carbocycles. The Morgan fingerprint density at radius 3 is 2.22 bits per heavy atom. The summed E-state index contributed by atoms with van der Waals surface area (Å²) in [5.74, 6) is -0.604. The Balaban J connectivity index is 0.000000262. The molecule has 2 heterocycles. The van der Waals surface area contributed by atoms with Gasteiger partial charge in [-0.15, -0.1) is 13.2 Å². The number of hydrazone groups is 1. The summed E-state index contributed by atoms with van der Waals surface area (Å²) < 4.78 is 53.6. The van der Waals surface area contributed by atoms with Gasteiger partial charge in [0.15, 0.2) is 0 Å². The van der Waals surface area contributed by atoms with E-state index in [1.54, 1.807) is 35.3 Å². The fourth-order valence-corrected chi connectivity index (χ4v) is 3.29. The number of hydrogen-bond donors (Lipinski definition) is 0. The number of aryl methyl sites for hydroxylation is 1. The molecule has 0 radical (unpaired) electrons. The number of carbonyl (C=O) groups excluding carboxylic acids is 1. The number of carbonyl (C=O) groups is 1. The predicted molar refractivity (Wildman–Crippen MR) is 128 cm³/mol. The van der Waals surface area contributed by atoms with Gasteiger partial charge in [-0.1, -0.05) is 45.0 Å². The van der Waals surface area contributed by atoms with Crippen LogP contribution >= 0.6 is 0 Å². The normalized spacial score (nSPS) is 15.1. The Morgan fingerprint density at radius 2 is 1.72 bits per heavy atom. The van der Waals surface area contributed by atoms with Crippen LogP contribution in [0, 0.1) is 5.82 Å². The van der Waals surface area contributed by atoms with E-state index in [-0.39, 0.29) is 23.5 Å². The third-order valence-electron chi connectivity index (χ3n) is 4.98. The van der Waals surface area contributed by atoms with Gasteiger partial charge < -0.3 is 4.74 Å². The maximum Gasteiger partial charge on any atom is 0.573 e. The van der Waals surface area contributed by atoms with E-state index in [9.17, 15) is 22.4 Å². The minimum Gasteiger partial charge on any atom is -0.406 e. The van der Waals surface area contributed by atoms with Crippen molar-refractivity contribution in [1.82, 2.24) is 19.8 Å². The number of alkyl halides is 3. The van der Waals surface area contributed by atoms with E-state index in [0.717, 1.165) is 17.5 Å². The number of halogens is 4. The third-order valence-corrected chi connectivity index (χ3v) is 4.98. The maximum absolute atomic E-state index is 13.1. The highest BCUT2D eigenvalue weighted by molar-refractivity contribution is 6.04. The molecule has 0 saturated carbocycles. The minimum atomic E-state index is -4.60. The zero-order valence-corrected chi connectivity index (χ0v) is 20.5. The maximum atomic E-state index is 13.1. The molecule has 0 bridgehead atoms. The highest BCUT2D eigenvalue weighted by Gasteiger charge is 2.31. The van der Waals surface area contributed by atoms with Crippen LogP contribution in [0.1, 0.15) is 51.3 Å². The molecule has 1 unspecified atom stereocenters. The summed E-state index contributed by atoms with van der Waals surface area (Å²) in [5, 5.41) is 9.98. The zero-order chi connectivity index (χ0) is 26.7. The van der Waals surface area contributed by atoms with E-state index in [1.165, 1.54) is 42.5 Å². The van der Waals surface area contributed by atoms with E-state index in [0.29, 0.717) is 18.7 Å². The summed E-state index contributed by atoms with van der Waals surface area (Å²) in [5.41, 5.74) is 2.43. The minimum absolute atomic E-state index is 0.117. The number of ether oxygens (including phenoxy) is 1. The van der Waals surface area contributed by atoms with Crippen LogP contribution < -0.4 is 4.74 Å². The Labute approximate surface area is 207 Å². The highest BCUT2D eigenvalue weighted by Crippen LogP contribution is 2.24. The van der Waals surface area contributed by atoms with E-state index < -0.39 is 6.36 Å². The Morgan fingerprint density at radius 1 is 1.08 bits per heavy atom. The predicted octanol–water partition coefficient (Wildman–Crippen LogP) is 5.79. The van der Waals surface area contributed by atoms with Crippen LogP contribution in [-0.4, -0.2) is 44.3 Å². The summed E-state index contributed by atoms with van der Waals surface area (Å²) in [6, 6.07) is 11.8. The monoisotopic (exact) mass is 507 g/mol. The van der Waals surface area contributed by atoms with Crippen molar-refractivity contribution in [2.45, 2.75) is 52.9 Å². The van der Waals surface area contributed by atoms with Crippen molar-refractivity contribution in [3.05, 3.63) is 78.1 Å². The average Bonchev–Trinajstić information content (AvgIpc) is 3.40. The van der Waals surface area contributed by atoms with Gasteiger partial charge in [-0.25, -0.2) is 19.1 Å². The average molecular weight is 508 g/mol. The molecule has 1 aliphatic rings. The molecule has 0 spiro atoms. The van der Waals surface area contributed by atoms with Crippen LogP contribution in [-0.2, 0) is 11.2 Å².